The molecule has 1 amide bonds. The van der Waals surface area contributed by atoms with Gasteiger partial charge in [0.1, 0.15) is 11.5 Å². The SMILES string of the molecule is Cc1cc(C(=O)N2CCCC(CCCl)C2)c(C)o1. The Hall–Kier alpha value is -0.960. The van der Waals surface area contributed by atoms with Crippen molar-refractivity contribution in [1.29, 1.82) is 0 Å². The number of rotatable bonds is 3. The van der Waals surface area contributed by atoms with Gasteiger partial charge in [-0.15, -0.1) is 11.6 Å². The van der Waals surface area contributed by atoms with E-state index in [0.29, 0.717) is 17.4 Å². The number of carbonyl (C=O) groups excluding carboxylic acids is 1. The Kier molecular flexibility index (Phi) is 4.33. The summed E-state index contributed by atoms with van der Waals surface area (Å²) < 4.78 is 5.43. The van der Waals surface area contributed by atoms with Gasteiger partial charge < -0.3 is 9.32 Å². The molecule has 2 rings (SSSR count). The molecule has 0 spiro atoms. The van der Waals surface area contributed by atoms with E-state index in [2.05, 4.69) is 0 Å². The summed E-state index contributed by atoms with van der Waals surface area (Å²) in [6.07, 6.45) is 3.25. The predicted molar refractivity (Wildman–Crippen MR) is 72.1 cm³/mol. The number of alkyl halides is 1. The Balaban J connectivity index is 2.06. The number of piperidine rings is 1. The number of furan rings is 1. The summed E-state index contributed by atoms with van der Waals surface area (Å²) in [5.74, 6) is 2.84. The molecule has 0 aromatic carbocycles. The molecule has 0 N–H and O–H groups in total. The Bertz CT molecular complexity index is 425. The highest BCUT2D eigenvalue weighted by Gasteiger charge is 2.26. The fourth-order valence-corrected chi connectivity index (χ4v) is 2.96. The van der Waals surface area contributed by atoms with E-state index in [1.165, 1.54) is 6.42 Å². The molecule has 1 aliphatic heterocycles. The number of likely N-dealkylation sites (tertiary alicyclic amines) is 1. The van der Waals surface area contributed by atoms with E-state index in [-0.39, 0.29) is 5.91 Å². The number of amides is 1. The number of nitrogens with zero attached hydrogens (tertiary/aromatic N) is 1. The normalized spacial score (nSPS) is 20.2. The summed E-state index contributed by atoms with van der Waals surface area (Å²) in [6.45, 7) is 5.40. The number of carbonyl (C=O) groups is 1. The minimum Gasteiger partial charge on any atom is -0.466 e. The van der Waals surface area contributed by atoms with Crippen LogP contribution in [0.1, 0.15) is 41.1 Å². The first-order valence-corrected chi connectivity index (χ1v) is 7.07. The molecule has 1 aromatic rings. The summed E-state index contributed by atoms with van der Waals surface area (Å²) in [6, 6.07) is 1.84. The molecule has 0 saturated carbocycles. The van der Waals surface area contributed by atoms with Gasteiger partial charge in [0.25, 0.3) is 5.91 Å². The first-order valence-electron chi connectivity index (χ1n) is 6.54. The van der Waals surface area contributed by atoms with Crippen molar-refractivity contribution in [3.05, 3.63) is 23.2 Å². The van der Waals surface area contributed by atoms with E-state index in [1.54, 1.807) is 0 Å². The largest absolute Gasteiger partial charge is 0.466 e. The van der Waals surface area contributed by atoms with Crippen LogP contribution in [0.15, 0.2) is 10.5 Å². The van der Waals surface area contributed by atoms with Crippen LogP contribution >= 0.6 is 11.6 Å². The first-order chi connectivity index (χ1) is 8.61. The Labute approximate surface area is 113 Å². The molecular formula is C14H20ClNO2. The third kappa shape index (κ3) is 2.89. The van der Waals surface area contributed by atoms with Crippen molar-refractivity contribution in [2.45, 2.75) is 33.1 Å². The van der Waals surface area contributed by atoms with E-state index in [4.69, 9.17) is 16.0 Å². The van der Waals surface area contributed by atoms with Crippen LogP contribution in [-0.2, 0) is 0 Å². The van der Waals surface area contributed by atoms with Crippen LogP contribution in [0.2, 0.25) is 0 Å². The lowest BCUT2D eigenvalue weighted by Gasteiger charge is -2.32. The van der Waals surface area contributed by atoms with Crippen LogP contribution in [0.25, 0.3) is 0 Å². The third-order valence-electron chi connectivity index (χ3n) is 3.59. The standard InChI is InChI=1S/C14H20ClNO2/c1-10-8-13(11(2)18-10)14(17)16-7-3-4-12(9-16)5-6-15/h8,12H,3-7,9H2,1-2H3. The number of hydrogen-bond donors (Lipinski definition) is 0. The molecule has 1 aliphatic rings. The molecule has 0 radical (unpaired) electrons. The van der Waals surface area contributed by atoms with Crippen molar-refractivity contribution in [2.24, 2.45) is 5.92 Å². The Morgan fingerprint density at radius 2 is 2.33 bits per heavy atom. The number of aryl methyl sites for hydroxylation is 2. The maximum Gasteiger partial charge on any atom is 0.257 e. The highest BCUT2D eigenvalue weighted by atomic mass is 35.5. The van der Waals surface area contributed by atoms with Crippen molar-refractivity contribution in [2.75, 3.05) is 19.0 Å². The highest BCUT2D eigenvalue weighted by Crippen LogP contribution is 2.23. The van der Waals surface area contributed by atoms with Gasteiger partial charge in [-0.25, -0.2) is 0 Å². The van der Waals surface area contributed by atoms with Gasteiger partial charge in [-0.05, 0) is 45.1 Å². The van der Waals surface area contributed by atoms with Gasteiger partial charge in [-0.1, -0.05) is 0 Å². The molecule has 18 heavy (non-hydrogen) atoms. The summed E-state index contributed by atoms with van der Waals surface area (Å²) in [7, 11) is 0. The Morgan fingerprint density at radius 3 is 2.94 bits per heavy atom. The zero-order valence-corrected chi connectivity index (χ0v) is 11.8. The van der Waals surface area contributed by atoms with E-state index >= 15 is 0 Å². The molecule has 0 aliphatic carbocycles. The van der Waals surface area contributed by atoms with Crippen LogP contribution in [0, 0.1) is 19.8 Å². The van der Waals surface area contributed by atoms with Crippen LogP contribution in [0.4, 0.5) is 0 Å². The molecular weight excluding hydrogens is 250 g/mol. The Morgan fingerprint density at radius 1 is 1.56 bits per heavy atom. The molecule has 1 unspecified atom stereocenters. The van der Waals surface area contributed by atoms with Crippen molar-refractivity contribution >= 4 is 17.5 Å². The summed E-state index contributed by atoms with van der Waals surface area (Å²) in [5, 5.41) is 0. The van der Waals surface area contributed by atoms with E-state index in [0.717, 1.165) is 37.5 Å². The average molecular weight is 270 g/mol. The van der Waals surface area contributed by atoms with Crippen LogP contribution in [0.5, 0.6) is 0 Å². The molecule has 1 saturated heterocycles. The third-order valence-corrected chi connectivity index (χ3v) is 3.81. The average Bonchev–Trinajstić information content (AvgIpc) is 2.68. The van der Waals surface area contributed by atoms with Crippen LogP contribution < -0.4 is 0 Å². The number of halogens is 1. The van der Waals surface area contributed by atoms with Crippen molar-refractivity contribution in [3.63, 3.8) is 0 Å². The van der Waals surface area contributed by atoms with Crippen molar-refractivity contribution in [1.82, 2.24) is 4.90 Å². The van der Waals surface area contributed by atoms with E-state index < -0.39 is 0 Å². The monoisotopic (exact) mass is 269 g/mol. The second-order valence-electron chi connectivity index (χ2n) is 5.06. The quantitative estimate of drug-likeness (QED) is 0.788. The van der Waals surface area contributed by atoms with Crippen molar-refractivity contribution in [3.8, 4) is 0 Å². The molecule has 0 bridgehead atoms. The molecule has 3 nitrogen and oxygen atoms in total. The predicted octanol–water partition coefficient (Wildman–Crippen LogP) is 3.38. The number of hydrogen-bond acceptors (Lipinski definition) is 2. The van der Waals surface area contributed by atoms with Crippen LogP contribution in [-0.4, -0.2) is 29.8 Å². The molecule has 2 heterocycles. The van der Waals surface area contributed by atoms with Gasteiger partial charge in [-0.2, -0.15) is 0 Å². The van der Waals surface area contributed by atoms with Gasteiger partial charge in [0.2, 0.25) is 0 Å². The van der Waals surface area contributed by atoms with E-state index in [9.17, 15) is 4.79 Å². The van der Waals surface area contributed by atoms with Gasteiger partial charge in [0.05, 0.1) is 5.56 Å². The minimum absolute atomic E-state index is 0.101. The maximum atomic E-state index is 12.4. The van der Waals surface area contributed by atoms with Gasteiger partial charge in [0, 0.05) is 19.0 Å². The molecule has 100 valence electrons. The fourth-order valence-electron chi connectivity index (χ4n) is 2.65. The van der Waals surface area contributed by atoms with Crippen molar-refractivity contribution < 1.29 is 9.21 Å². The van der Waals surface area contributed by atoms with Gasteiger partial charge >= 0.3 is 0 Å². The zero-order valence-electron chi connectivity index (χ0n) is 11.0. The summed E-state index contributed by atoms with van der Waals surface area (Å²) in [4.78, 5) is 14.4. The minimum atomic E-state index is 0.101. The van der Waals surface area contributed by atoms with E-state index in [1.807, 2.05) is 24.8 Å². The lowest BCUT2D eigenvalue weighted by atomic mass is 9.95. The zero-order chi connectivity index (χ0) is 13.1. The maximum absolute atomic E-state index is 12.4. The van der Waals surface area contributed by atoms with Gasteiger partial charge in [0.15, 0.2) is 0 Å². The lowest BCUT2D eigenvalue weighted by molar-refractivity contribution is 0.0670. The fraction of sp³-hybridized carbons (Fsp3) is 0.643. The molecule has 1 atom stereocenters. The molecule has 4 heteroatoms. The second-order valence-corrected chi connectivity index (χ2v) is 5.44. The second kappa shape index (κ2) is 5.79. The first kappa shape index (κ1) is 13.5. The summed E-state index contributed by atoms with van der Waals surface area (Å²) >= 11 is 5.79. The topological polar surface area (TPSA) is 33.5 Å². The van der Waals surface area contributed by atoms with Gasteiger partial charge in [-0.3, -0.25) is 4.79 Å². The smallest absolute Gasteiger partial charge is 0.257 e. The van der Waals surface area contributed by atoms with Crippen LogP contribution in [0.3, 0.4) is 0 Å². The highest BCUT2D eigenvalue weighted by molar-refractivity contribution is 6.17. The molecule has 1 fully saturated rings. The lowest BCUT2D eigenvalue weighted by Crippen LogP contribution is -2.40. The molecule has 1 aromatic heterocycles. The summed E-state index contributed by atoms with van der Waals surface area (Å²) in [5.41, 5.74) is 0.707.